The van der Waals surface area contributed by atoms with Crippen molar-refractivity contribution in [1.82, 2.24) is 0 Å². The van der Waals surface area contributed by atoms with Crippen LogP contribution in [0.4, 0.5) is 13.2 Å². The molecule has 0 aliphatic heterocycles. The predicted molar refractivity (Wildman–Crippen MR) is 63.7 cm³/mol. The van der Waals surface area contributed by atoms with Crippen molar-refractivity contribution in [3.8, 4) is 0 Å². The summed E-state index contributed by atoms with van der Waals surface area (Å²) in [5.74, 6) is -2.80. The summed E-state index contributed by atoms with van der Waals surface area (Å²) in [6.45, 7) is 4.54. The SMILES string of the molecule is CCCCCCCC(=O)OCC.O=C(O)C(F)(F)F. The average molecular weight is 286 g/mol. The molecule has 0 aliphatic carbocycles. The van der Waals surface area contributed by atoms with Gasteiger partial charge in [-0.25, -0.2) is 4.79 Å². The summed E-state index contributed by atoms with van der Waals surface area (Å²) in [5, 5.41) is 7.12. The van der Waals surface area contributed by atoms with Crippen molar-refractivity contribution < 1.29 is 32.6 Å². The van der Waals surface area contributed by atoms with Crippen LogP contribution in [0.3, 0.4) is 0 Å². The second kappa shape index (κ2) is 11.8. The fraction of sp³-hybridized carbons (Fsp3) is 0.833. The van der Waals surface area contributed by atoms with Gasteiger partial charge in [0.1, 0.15) is 0 Å². The monoisotopic (exact) mass is 286 g/mol. The van der Waals surface area contributed by atoms with Gasteiger partial charge in [0, 0.05) is 6.42 Å². The number of carboxylic acids is 1. The van der Waals surface area contributed by atoms with E-state index in [9.17, 15) is 18.0 Å². The lowest BCUT2D eigenvalue weighted by atomic mass is 10.1. The van der Waals surface area contributed by atoms with Crippen LogP contribution in [-0.4, -0.2) is 29.8 Å². The number of esters is 1. The molecule has 114 valence electrons. The fourth-order valence-electron chi connectivity index (χ4n) is 1.11. The van der Waals surface area contributed by atoms with E-state index in [4.69, 9.17) is 14.6 Å². The summed E-state index contributed by atoms with van der Waals surface area (Å²) in [4.78, 5) is 19.7. The fourth-order valence-corrected chi connectivity index (χ4v) is 1.11. The molecule has 0 saturated carbocycles. The van der Waals surface area contributed by atoms with E-state index in [1.54, 1.807) is 0 Å². The lowest BCUT2D eigenvalue weighted by Gasteiger charge is -2.00. The number of unbranched alkanes of at least 4 members (excludes halogenated alkanes) is 4. The first-order chi connectivity index (χ1) is 8.75. The Balaban J connectivity index is 0. The molecule has 0 aromatic carbocycles. The number of hydrogen-bond acceptors (Lipinski definition) is 3. The molecular weight excluding hydrogens is 265 g/mol. The van der Waals surface area contributed by atoms with E-state index in [0.717, 1.165) is 12.8 Å². The second-order valence-electron chi connectivity index (χ2n) is 3.77. The Labute approximate surface area is 110 Å². The third-order valence-corrected chi connectivity index (χ3v) is 2.03. The summed E-state index contributed by atoms with van der Waals surface area (Å²) in [6.07, 6.45) is 1.43. The van der Waals surface area contributed by atoms with Crippen molar-refractivity contribution in [2.45, 2.75) is 58.5 Å². The number of rotatable bonds is 7. The van der Waals surface area contributed by atoms with Crippen molar-refractivity contribution in [3.63, 3.8) is 0 Å². The Kier molecular flexibility index (Phi) is 12.5. The lowest BCUT2D eigenvalue weighted by Crippen LogP contribution is -2.21. The summed E-state index contributed by atoms with van der Waals surface area (Å²) >= 11 is 0. The minimum atomic E-state index is -5.08. The Morgan fingerprint density at radius 3 is 1.89 bits per heavy atom. The van der Waals surface area contributed by atoms with E-state index in [0.29, 0.717) is 13.0 Å². The first kappa shape index (κ1) is 20.1. The summed E-state index contributed by atoms with van der Waals surface area (Å²) in [7, 11) is 0. The maximum Gasteiger partial charge on any atom is 0.490 e. The highest BCUT2D eigenvalue weighted by Crippen LogP contribution is 2.13. The molecule has 19 heavy (non-hydrogen) atoms. The van der Waals surface area contributed by atoms with Crippen LogP contribution in [0.5, 0.6) is 0 Å². The van der Waals surface area contributed by atoms with Gasteiger partial charge in [0.2, 0.25) is 0 Å². The Morgan fingerprint density at radius 1 is 1.05 bits per heavy atom. The largest absolute Gasteiger partial charge is 0.490 e. The Bertz CT molecular complexity index is 252. The van der Waals surface area contributed by atoms with E-state index in [-0.39, 0.29) is 5.97 Å². The quantitative estimate of drug-likeness (QED) is 0.574. The van der Waals surface area contributed by atoms with E-state index in [2.05, 4.69) is 6.92 Å². The predicted octanol–water partition coefficient (Wildman–Crippen LogP) is 3.54. The number of ether oxygens (including phenoxy) is 1. The molecular formula is C12H21F3O4. The number of hydrogen-bond donors (Lipinski definition) is 1. The smallest absolute Gasteiger partial charge is 0.475 e. The van der Waals surface area contributed by atoms with E-state index in [1.165, 1.54) is 19.3 Å². The molecule has 0 atom stereocenters. The topological polar surface area (TPSA) is 63.6 Å². The normalized spacial score (nSPS) is 10.4. The highest BCUT2D eigenvalue weighted by Gasteiger charge is 2.38. The number of carboxylic acid groups (broad SMARTS) is 1. The zero-order valence-corrected chi connectivity index (χ0v) is 11.3. The molecule has 0 amide bonds. The van der Waals surface area contributed by atoms with Crippen LogP contribution < -0.4 is 0 Å². The van der Waals surface area contributed by atoms with Gasteiger partial charge < -0.3 is 9.84 Å². The maximum atomic E-state index is 10.9. The van der Waals surface area contributed by atoms with Crippen LogP contribution >= 0.6 is 0 Å². The number of carbonyl (C=O) groups excluding carboxylic acids is 1. The van der Waals surface area contributed by atoms with Gasteiger partial charge in [0.05, 0.1) is 6.61 Å². The number of halogens is 3. The molecule has 0 saturated heterocycles. The van der Waals surface area contributed by atoms with E-state index in [1.807, 2.05) is 6.92 Å². The highest BCUT2D eigenvalue weighted by molar-refractivity contribution is 5.73. The van der Waals surface area contributed by atoms with E-state index < -0.39 is 12.1 Å². The molecule has 0 heterocycles. The summed E-state index contributed by atoms with van der Waals surface area (Å²) < 4.78 is 36.5. The molecule has 4 nitrogen and oxygen atoms in total. The molecule has 0 spiro atoms. The third kappa shape index (κ3) is 16.7. The molecule has 0 unspecified atom stereocenters. The van der Waals surface area contributed by atoms with Crippen LogP contribution in [0.25, 0.3) is 0 Å². The zero-order valence-electron chi connectivity index (χ0n) is 11.3. The van der Waals surface area contributed by atoms with Crippen molar-refractivity contribution in [2.24, 2.45) is 0 Å². The molecule has 0 aromatic rings. The average Bonchev–Trinajstić information content (AvgIpc) is 2.28. The molecule has 1 N–H and O–H groups in total. The van der Waals surface area contributed by atoms with Gasteiger partial charge in [-0.1, -0.05) is 32.6 Å². The first-order valence-electron chi connectivity index (χ1n) is 6.21. The van der Waals surface area contributed by atoms with Gasteiger partial charge in [-0.2, -0.15) is 13.2 Å². The van der Waals surface area contributed by atoms with Crippen molar-refractivity contribution >= 4 is 11.9 Å². The Hall–Kier alpha value is -1.27. The standard InChI is InChI=1S/C10H20O2.C2HF3O2/c1-3-5-6-7-8-9-10(11)12-4-2;3-2(4,5)1(6)7/h3-9H2,1-2H3;(H,6,7). The maximum absolute atomic E-state index is 10.9. The van der Waals surface area contributed by atoms with Gasteiger partial charge >= 0.3 is 18.1 Å². The van der Waals surface area contributed by atoms with Crippen LogP contribution in [0.15, 0.2) is 0 Å². The third-order valence-electron chi connectivity index (χ3n) is 2.03. The number of alkyl halides is 3. The van der Waals surface area contributed by atoms with Gasteiger partial charge in [-0.05, 0) is 13.3 Å². The minimum absolute atomic E-state index is 0.0472. The molecule has 0 radical (unpaired) electrons. The summed E-state index contributed by atoms with van der Waals surface area (Å²) in [6, 6.07) is 0. The molecule has 0 fully saturated rings. The van der Waals surface area contributed by atoms with Crippen LogP contribution in [-0.2, 0) is 14.3 Å². The molecule has 7 heteroatoms. The molecule has 0 rings (SSSR count). The zero-order chi connectivity index (χ0) is 15.3. The van der Waals surface area contributed by atoms with Crippen molar-refractivity contribution in [1.29, 1.82) is 0 Å². The second-order valence-corrected chi connectivity index (χ2v) is 3.77. The van der Waals surface area contributed by atoms with Crippen LogP contribution in [0.2, 0.25) is 0 Å². The molecule has 0 bridgehead atoms. The van der Waals surface area contributed by atoms with Crippen molar-refractivity contribution in [3.05, 3.63) is 0 Å². The minimum Gasteiger partial charge on any atom is -0.475 e. The molecule has 0 aromatic heterocycles. The lowest BCUT2D eigenvalue weighted by molar-refractivity contribution is -0.192. The number of aliphatic carboxylic acids is 1. The van der Waals surface area contributed by atoms with Gasteiger partial charge in [-0.3, -0.25) is 4.79 Å². The number of carbonyl (C=O) groups is 2. The first-order valence-corrected chi connectivity index (χ1v) is 6.21. The van der Waals surface area contributed by atoms with Gasteiger partial charge in [0.15, 0.2) is 0 Å². The van der Waals surface area contributed by atoms with Crippen molar-refractivity contribution in [2.75, 3.05) is 6.61 Å². The van der Waals surface area contributed by atoms with Crippen LogP contribution in [0.1, 0.15) is 52.4 Å². The summed E-state index contributed by atoms with van der Waals surface area (Å²) in [5.41, 5.74) is 0. The molecule has 0 aliphatic rings. The Morgan fingerprint density at radius 2 is 1.53 bits per heavy atom. The van der Waals surface area contributed by atoms with Crippen LogP contribution in [0, 0.1) is 0 Å². The van der Waals surface area contributed by atoms with Gasteiger partial charge in [-0.15, -0.1) is 0 Å². The highest BCUT2D eigenvalue weighted by atomic mass is 19.4. The van der Waals surface area contributed by atoms with Gasteiger partial charge in [0.25, 0.3) is 0 Å². The van der Waals surface area contributed by atoms with E-state index >= 15 is 0 Å².